The first-order valence-electron chi connectivity index (χ1n) is 6.89. The molecule has 1 saturated heterocycles. The molecule has 7 heteroatoms. The molecule has 0 saturated carbocycles. The first kappa shape index (κ1) is 16.2. The van der Waals surface area contributed by atoms with Gasteiger partial charge in [-0.3, -0.25) is 0 Å². The number of hydrogen-bond acceptors (Lipinski definition) is 5. The predicted octanol–water partition coefficient (Wildman–Crippen LogP) is 1.03. The first-order chi connectivity index (χ1) is 9.97. The molecule has 0 spiro atoms. The van der Waals surface area contributed by atoms with Gasteiger partial charge in [0, 0.05) is 12.6 Å². The minimum absolute atomic E-state index is 0.0621. The van der Waals surface area contributed by atoms with Crippen molar-refractivity contribution in [1.29, 1.82) is 0 Å². The third kappa shape index (κ3) is 3.74. The van der Waals surface area contributed by atoms with Gasteiger partial charge in [-0.15, -0.1) is 0 Å². The fourth-order valence-corrected chi connectivity index (χ4v) is 3.84. The average molecular weight is 315 g/mol. The van der Waals surface area contributed by atoms with Crippen LogP contribution >= 0.6 is 0 Å². The van der Waals surface area contributed by atoms with Gasteiger partial charge in [0.1, 0.15) is 10.6 Å². The maximum absolute atomic E-state index is 12.5. The normalized spacial score (nSPS) is 20.4. The molecule has 118 valence electrons. The molecule has 2 rings (SSSR count). The summed E-state index contributed by atoms with van der Waals surface area (Å²) < 4.78 is 38.2. The predicted molar refractivity (Wildman–Crippen MR) is 77.7 cm³/mol. The van der Waals surface area contributed by atoms with E-state index in [0.29, 0.717) is 12.2 Å². The number of aliphatic hydroxyl groups excluding tert-OH is 1. The van der Waals surface area contributed by atoms with Crippen LogP contribution in [0.4, 0.5) is 0 Å². The molecular weight excluding hydrogens is 294 g/mol. The summed E-state index contributed by atoms with van der Waals surface area (Å²) >= 11 is 0. The van der Waals surface area contributed by atoms with Crippen LogP contribution in [-0.2, 0) is 21.4 Å². The van der Waals surface area contributed by atoms with Crippen LogP contribution in [0.15, 0.2) is 23.1 Å². The smallest absolute Gasteiger partial charge is 0.244 e. The van der Waals surface area contributed by atoms with Crippen molar-refractivity contribution in [1.82, 2.24) is 4.72 Å². The van der Waals surface area contributed by atoms with E-state index in [9.17, 15) is 8.42 Å². The van der Waals surface area contributed by atoms with Crippen molar-refractivity contribution in [3.8, 4) is 5.75 Å². The van der Waals surface area contributed by atoms with Gasteiger partial charge < -0.3 is 14.6 Å². The molecule has 0 amide bonds. The molecule has 2 unspecified atom stereocenters. The second-order valence-electron chi connectivity index (χ2n) is 5.10. The summed E-state index contributed by atoms with van der Waals surface area (Å²) in [4.78, 5) is 0.0621. The van der Waals surface area contributed by atoms with Crippen molar-refractivity contribution in [3.63, 3.8) is 0 Å². The lowest BCUT2D eigenvalue weighted by Crippen LogP contribution is -2.40. The molecule has 6 nitrogen and oxygen atoms in total. The summed E-state index contributed by atoms with van der Waals surface area (Å²) in [7, 11) is -2.30. The molecule has 2 atom stereocenters. The molecule has 0 radical (unpaired) electrons. The quantitative estimate of drug-likeness (QED) is 0.819. The standard InChI is InChI=1S/C14H21NO5S/c1-10(12-4-3-7-20-12)15-21(17,18)14-6-5-11(9-16)8-13(14)19-2/h5-6,8,10,12,15-16H,3-4,7,9H2,1-2H3. The van der Waals surface area contributed by atoms with Crippen LogP contribution in [0.1, 0.15) is 25.3 Å². The Kier molecular flexibility index (Phi) is 5.21. The van der Waals surface area contributed by atoms with Gasteiger partial charge in [0.2, 0.25) is 10.0 Å². The van der Waals surface area contributed by atoms with Crippen molar-refractivity contribution in [2.24, 2.45) is 0 Å². The van der Waals surface area contributed by atoms with Gasteiger partial charge in [0.25, 0.3) is 0 Å². The van der Waals surface area contributed by atoms with Gasteiger partial charge in [-0.2, -0.15) is 0 Å². The zero-order valence-electron chi connectivity index (χ0n) is 12.2. The van der Waals surface area contributed by atoms with E-state index >= 15 is 0 Å². The third-order valence-electron chi connectivity index (χ3n) is 3.56. The van der Waals surface area contributed by atoms with E-state index in [2.05, 4.69) is 4.72 Å². The highest BCUT2D eigenvalue weighted by Crippen LogP contribution is 2.26. The molecule has 1 aromatic carbocycles. The highest BCUT2D eigenvalue weighted by atomic mass is 32.2. The maximum atomic E-state index is 12.5. The van der Waals surface area contributed by atoms with Gasteiger partial charge in [-0.25, -0.2) is 13.1 Å². The van der Waals surface area contributed by atoms with Crippen LogP contribution in [0, 0.1) is 0 Å². The molecule has 0 bridgehead atoms. The molecule has 0 aromatic heterocycles. The number of benzene rings is 1. The van der Waals surface area contributed by atoms with Gasteiger partial charge >= 0.3 is 0 Å². The van der Waals surface area contributed by atoms with Gasteiger partial charge in [-0.05, 0) is 37.5 Å². The molecule has 1 aliphatic rings. The van der Waals surface area contributed by atoms with Gasteiger partial charge in [-0.1, -0.05) is 6.07 Å². The number of sulfonamides is 1. The Balaban J connectivity index is 2.22. The summed E-state index contributed by atoms with van der Waals surface area (Å²) in [5.74, 6) is 0.216. The number of nitrogens with one attached hydrogen (secondary N) is 1. The molecule has 1 heterocycles. The van der Waals surface area contributed by atoms with Crippen LogP contribution in [0.2, 0.25) is 0 Å². The maximum Gasteiger partial charge on any atom is 0.244 e. The number of methoxy groups -OCH3 is 1. The monoisotopic (exact) mass is 315 g/mol. The van der Waals surface area contributed by atoms with Crippen LogP contribution in [-0.4, -0.2) is 39.4 Å². The van der Waals surface area contributed by atoms with Crippen LogP contribution in [0.25, 0.3) is 0 Å². The number of aliphatic hydroxyl groups is 1. The van der Waals surface area contributed by atoms with Crippen molar-refractivity contribution in [2.45, 2.75) is 43.4 Å². The van der Waals surface area contributed by atoms with E-state index in [1.54, 1.807) is 13.0 Å². The van der Waals surface area contributed by atoms with Crippen molar-refractivity contribution in [2.75, 3.05) is 13.7 Å². The lowest BCUT2D eigenvalue weighted by molar-refractivity contribution is 0.0902. The molecule has 1 aromatic rings. The number of ether oxygens (including phenoxy) is 2. The fourth-order valence-electron chi connectivity index (χ4n) is 2.41. The van der Waals surface area contributed by atoms with Crippen molar-refractivity contribution in [3.05, 3.63) is 23.8 Å². The van der Waals surface area contributed by atoms with Crippen molar-refractivity contribution >= 4 is 10.0 Å². The minimum Gasteiger partial charge on any atom is -0.495 e. The van der Waals surface area contributed by atoms with E-state index in [4.69, 9.17) is 14.6 Å². The molecule has 0 aliphatic carbocycles. The molecule has 1 fully saturated rings. The number of rotatable bonds is 6. The fraction of sp³-hybridized carbons (Fsp3) is 0.571. The summed E-state index contributed by atoms with van der Waals surface area (Å²) in [5, 5.41) is 9.10. The molecule has 1 aliphatic heterocycles. The summed E-state index contributed by atoms with van der Waals surface area (Å²) in [6, 6.07) is 4.22. The second kappa shape index (κ2) is 6.74. The lowest BCUT2D eigenvalue weighted by Gasteiger charge is -2.20. The molecule has 2 N–H and O–H groups in total. The zero-order valence-corrected chi connectivity index (χ0v) is 13.0. The van der Waals surface area contributed by atoms with E-state index in [1.165, 1.54) is 19.2 Å². The van der Waals surface area contributed by atoms with Gasteiger partial charge in [0.15, 0.2) is 0 Å². The van der Waals surface area contributed by atoms with E-state index in [-0.39, 0.29) is 29.4 Å². The SMILES string of the molecule is COc1cc(CO)ccc1S(=O)(=O)NC(C)C1CCCO1. The van der Waals surface area contributed by atoms with E-state index in [1.807, 2.05) is 0 Å². The van der Waals surface area contributed by atoms with Crippen LogP contribution in [0.5, 0.6) is 5.75 Å². The number of hydrogen-bond donors (Lipinski definition) is 2. The highest BCUT2D eigenvalue weighted by Gasteiger charge is 2.28. The second-order valence-corrected chi connectivity index (χ2v) is 6.79. The molecular formula is C14H21NO5S. The third-order valence-corrected chi connectivity index (χ3v) is 5.16. The lowest BCUT2D eigenvalue weighted by atomic mass is 10.1. The summed E-state index contributed by atoms with van der Waals surface area (Å²) in [6.07, 6.45) is 1.71. The van der Waals surface area contributed by atoms with Gasteiger partial charge in [0.05, 0.1) is 19.8 Å². The van der Waals surface area contributed by atoms with Crippen LogP contribution < -0.4 is 9.46 Å². The summed E-state index contributed by atoms with van der Waals surface area (Å²) in [5.41, 5.74) is 0.595. The van der Waals surface area contributed by atoms with Crippen molar-refractivity contribution < 1.29 is 23.0 Å². The van der Waals surface area contributed by atoms with E-state index < -0.39 is 10.0 Å². The zero-order chi connectivity index (χ0) is 15.5. The molecule has 21 heavy (non-hydrogen) atoms. The average Bonchev–Trinajstić information content (AvgIpc) is 3.00. The van der Waals surface area contributed by atoms with Crippen LogP contribution in [0.3, 0.4) is 0 Å². The van der Waals surface area contributed by atoms with E-state index in [0.717, 1.165) is 12.8 Å². The Morgan fingerprint density at radius 1 is 1.52 bits per heavy atom. The highest BCUT2D eigenvalue weighted by molar-refractivity contribution is 7.89. The Morgan fingerprint density at radius 2 is 2.29 bits per heavy atom. The Labute approximate surface area is 125 Å². The Hall–Kier alpha value is -1.15. The largest absolute Gasteiger partial charge is 0.495 e. The Bertz CT molecular complexity index is 581. The summed E-state index contributed by atoms with van der Waals surface area (Å²) in [6.45, 7) is 2.30. The topological polar surface area (TPSA) is 84.9 Å². The first-order valence-corrected chi connectivity index (χ1v) is 8.38. The Morgan fingerprint density at radius 3 is 2.86 bits per heavy atom. The minimum atomic E-state index is -3.70.